The molecule has 0 aromatic heterocycles. The highest BCUT2D eigenvalue weighted by atomic mass is 19.1. The van der Waals surface area contributed by atoms with Gasteiger partial charge < -0.3 is 14.7 Å². The van der Waals surface area contributed by atoms with Crippen molar-refractivity contribution in [3.63, 3.8) is 0 Å². The van der Waals surface area contributed by atoms with Crippen molar-refractivity contribution in [2.75, 3.05) is 19.8 Å². The van der Waals surface area contributed by atoms with E-state index in [-0.39, 0.29) is 36.8 Å². The highest BCUT2D eigenvalue weighted by Crippen LogP contribution is 2.32. The first-order valence-electron chi connectivity index (χ1n) is 8.55. The van der Waals surface area contributed by atoms with Crippen LogP contribution in [0.3, 0.4) is 0 Å². The van der Waals surface area contributed by atoms with E-state index in [0.717, 1.165) is 25.3 Å². The van der Waals surface area contributed by atoms with Gasteiger partial charge in [0.25, 0.3) is 0 Å². The maximum absolute atomic E-state index is 13.7. The number of morpholine rings is 1. The minimum absolute atomic E-state index is 0.0526. The molecule has 1 aliphatic carbocycles. The van der Waals surface area contributed by atoms with E-state index in [1.54, 1.807) is 4.90 Å². The van der Waals surface area contributed by atoms with E-state index in [0.29, 0.717) is 25.3 Å². The van der Waals surface area contributed by atoms with Gasteiger partial charge in [0.05, 0.1) is 25.4 Å². The van der Waals surface area contributed by atoms with Crippen LogP contribution in [0.2, 0.25) is 0 Å². The second kappa shape index (κ2) is 7.57. The van der Waals surface area contributed by atoms with Crippen LogP contribution in [0.15, 0.2) is 18.2 Å². The molecule has 24 heavy (non-hydrogen) atoms. The fourth-order valence-electron chi connectivity index (χ4n) is 3.81. The monoisotopic (exact) mass is 339 g/mol. The zero-order valence-corrected chi connectivity index (χ0v) is 13.6. The summed E-state index contributed by atoms with van der Waals surface area (Å²) < 4.78 is 32.2. The van der Waals surface area contributed by atoms with Gasteiger partial charge in [0.2, 0.25) is 5.91 Å². The van der Waals surface area contributed by atoms with Gasteiger partial charge in [-0.25, -0.2) is 8.78 Å². The molecule has 0 spiro atoms. The molecule has 2 aliphatic rings. The number of amides is 1. The third kappa shape index (κ3) is 3.75. The third-order valence-electron chi connectivity index (χ3n) is 5.13. The average Bonchev–Trinajstić information content (AvgIpc) is 2.99. The van der Waals surface area contributed by atoms with Gasteiger partial charge in [0.15, 0.2) is 0 Å². The molecule has 1 saturated heterocycles. The SMILES string of the molecule is O=C(CCc1ccc(F)cc1F)N1CCOC[C@@H]1[C@H]1CCC[C@H]1O. The molecule has 1 amide bonds. The van der Waals surface area contributed by atoms with Crippen molar-refractivity contribution in [2.24, 2.45) is 5.92 Å². The molecule has 1 aliphatic heterocycles. The minimum Gasteiger partial charge on any atom is -0.393 e. The fourth-order valence-corrected chi connectivity index (χ4v) is 3.81. The van der Waals surface area contributed by atoms with Gasteiger partial charge in [-0.3, -0.25) is 4.79 Å². The second-order valence-corrected chi connectivity index (χ2v) is 6.63. The van der Waals surface area contributed by atoms with Crippen LogP contribution in [0.5, 0.6) is 0 Å². The Balaban J connectivity index is 1.63. The first-order chi connectivity index (χ1) is 11.6. The van der Waals surface area contributed by atoms with Gasteiger partial charge in [-0.15, -0.1) is 0 Å². The highest BCUT2D eigenvalue weighted by Gasteiger charge is 2.39. The summed E-state index contributed by atoms with van der Waals surface area (Å²) in [6, 6.07) is 3.32. The molecule has 0 bridgehead atoms. The second-order valence-electron chi connectivity index (χ2n) is 6.63. The Morgan fingerprint density at radius 3 is 2.88 bits per heavy atom. The van der Waals surface area contributed by atoms with Gasteiger partial charge >= 0.3 is 0 Å². The van der Waals surface area contributed by atoms with Crippen LogP contribution in [-0.4, -0.2) is 47.8 Å². The molecule has 4 nitrogen and oxygen atoms in total. The van der Waals surface area contributed by atoms with Gasteiger partial charge in [-0.1, -0.05) is 12.5 Å². The first kappa shape index (κ1) is 17.3. The number of carbonyl (C=O) groups is 1. The van der Waals surface area contributed by atoms with Crippen molar-refractivity contribution >= 4 is 5.91 Å². The third-order valence-corrected chi connectivity index (χ3v) is 5.13. The summed E-state index contributed by atoms with van der Waals surface area (Å²) in [5.41, 5.74) is 0.343. The Morgan fingerprint density at radius 1 is 1.33 bits per heavy atom. The van der Waals surface area contributed by atoms with E-state index in [9.17, 15) is 18.7 Å². The van der Waals surface area contributed by atoms with Gasteiger partial charge in [-0.2, -0.15) is 0 Å². The quantitative estimate of drug-likeness (QED) is 0.916. The van der Waals surface area contributed by atoms with Gasteiger partial charge in [-0.05, 0) is 30.9 Å². The predicted molar refractivity (Wildman–Crippen MR) is 84.3 cm³/mol. The van der Waals surface area contributed by atoms with E-state index < -0.39 is 11.6 Å². The van der Waals surface area contributed by atoms with E-state index in [4.69, 9.17) is 4.74 Å². The van der Waals surface area contributed by atoms with E-state index >= 15 is 0 Å². The number of nitrogens with zero attached hydrogens (tertiary/aromatic N) is 1. The summed E-state index contributed by atoms with van der Waals surface area (Å²) in [6.45, 7) is 1.42. The smallest absolute Gasteiger partial charge is 0.223 e. The van der Waals surface area contributed by atoms with Crippen molar-refractivity contribution in [3.05, 3.63) is 35.4 Å². The number of aliphatic hydroxyl groups excluding tert-OH is 1. The Labute approximate surface area is 140 Å². The number of aryl methyl sites for hydroxylation is 1. The minimum atomic E-state index is -0.619. The van der Waals surface area contributed by atoms with Crippen molar-refractivity contribution in [1.29, 1.82) is 0 Å². The lowest BCUT2D eigenvalue weighted by Gasteiger charge is -2.40. The fraction of sp³-hybridized carbons (Fsp3) is 0.611. The largest absolute Gasteiger partial charge is 0.393 e. The molecule has 1 aromatic rings. The number of rotatable bonds is 4. The number of hydrogen-bond donors (Lipinski definition) is 1. The number of ether oxygens (including phenoxy) is 1. The van der Waals surface area contributed by atoms with Crippen LogP contribution in [-0.2, 0) is 16.0 Å². The van der Waals surface area contributed by atoms with E-state index in [1.807, 2.05) is 0 Å². The zero-order valence-electron chi connectivity index (χ0n) is 13.6. The number of halogens is 2. The summed E-state index contributed by atoms with van der Waals surface area (Å²) >= 11 is 0. The molecule has 3 rings (SSSR count). The predicted octanol–water partition coefficient (Wildman–Crippen LogP) is 2.29. The van der Waals surface area contributed by atoms with Gasteiger partial charge in [0, 0.05) is 24.9 Å². The van der Waals surface area contributed by atoms with Crippen molar-refractivity contribution < 1.29 is 23.4 Å². The lowest BCUT2D eigenvalue weighted by molar-refractivity contribution is -0.143. The van der Waals surface area contributed by atoms with Crippen molar-refractivity contribution in [3.8, 4) is 0 Å². The molecular formula is C18H23F2NO3. The molecule has 0 unspecified atom stereocenters. The molecule has 1 saturated carbocycles. The molecule has 2 fully saturated rings. The number of hydrogen-bond acceptors (Lipinski definition) is 3. The van der Waals surface area contributed by atoms with Crippen LogP contribution in [0.25, 0.3) is 0 Å². The topological polar surface area (TPSA) is 49.8 Å². The molecule has 1 N–H and O–H groups in total. The van der Waals surface area contributed by atoms with Crippen LogP contribution in [0, 0.1) is 17.6 Å². The lowest BCUT2D eigenvalue weighted by atomic mass is 9.93. The maximum Gasteiger partial charge on any atom is 0.223 e. The van der Waals surface area contributed by atoms with Crippen molar-refractivity contribution in [2.45, 2.75) is 44.2 Å². The van der Waals surface area contributed by atoms with Crippen molar-refractivity contribution in [1.82, 2.24) is 4.90 Å². The Hall–Kier alpha value is -1.53. The number of aliphatic hydroxyl groups is 1. The van der Waals surface area contributed by atoms with Crippen LogP contribution in [0.4, 0.5) is 8.78 Å². The molecule has 132 valence electrons. The molecule has 3 atom stereocenters. The first-order valence-corrected chi connectivity index (χ1v) is 8.55. The van der Waals surface area contributed by atoms with Crippen LogP contribution in [0.1, 0.15) is 31.2 Å². The van der Waals surface area contributed by atoms with Crippen LogP contribution < -0.4 is 0 Å². The zero-order chi connectivity index (χ0) is 17.1. The summed E-state index contributed by atoms with van der Waals surface area (Å²) in [4.78, 5) is 14.4. The number of benzene rings is 1. The summed E-state index contributed by atoms with van der Waals surface area (Å²) in [6.07, 6.45) is 2.65. The lowest BCUT2D eigenvalue weighted by Crippen LogP contribution is -2.53. The normalized spacial score (nSPS) is 27.5. The molecular weight excluding hydrogens is 316 g/mol. The summed E-state index contributed by atoms with van der Waals surface area (Å²) in [5.74, 6) is -1.25. The Morgan fingerprint density at radius 2 is 2.17 bits per heavy atom. The summed E-state index contributed by atoms with van der Waals surface area (Å²) in [7, 11) is 0. The van der Waals surface area contributed by atoms with E-state index in [1.165, 1.54) is 12.1 Å². The molecule has 1 heterocycles. The standard InChI is InChI=1S/C18H23F2NO3/c19-13-6-4-12(15(20)10-13)5-7-18(23)21-8-9-24-11-16(21)14-2-1-3-17(14)22/h4,6,10,14,16-17,22H,1-3,5,7-9,11H2/t14-,16-,17-/m1/s1. The number of carbonyl (C=O) groups excluding carboxylic acids is 1. The van der Waals surface area contributed by atoms with Gasteiger partial charge in [0.1, 0.15) is 11.6 Å². The maximum atomic E-state index is 13.7. The summed E-state index contributed by atoms with van der Waals surface area (Å²) in [5, 5.41) is 10.1. The Kier molecular flexibility index (Phi) is 5.46. The highest BCUT2D eigenvalue weighted by molar-refractivity contribution is 5.77. The molecule has 6 heteroatoms. The van der Waals surface area contributed by atoms with Crippen LogP contribution >= 0.6 is 0 Å². The average molecular weight is 339 g/mol. The molecule has 1 aromatic carbocycles. The van der Waals surface area contributed by atoms with E-state index in [2.05, 4.69) is 0 Å². The Bertz CT molecular complexity index is 596. The molecule has 0 radical (unpaired) electrons.